The molecule has 0 spiro atoms. The highest BCUT2D eigenvalue weighted by Crippen LogP contribution is 2.25. The van der Waals surface area contributed by atoms with Gasteiger partial charge in [0.1, 0.15) is 18.5 Å². The summed E-state index contributed by atoms with van der Waals surface area (Å²) in [5.74, 6) is 0.657. The number of ether oxygens (including phenoxy) is 2. The molecule has 0 unspecified atom stereocenters. The van der Waals surface area contributed by atoms with Gasteiger partial charge in [-0.3, -0.25) is 9.89 Å². The first-order chi connectivity index (χ1) is 11.6. The van der Waals surface area contributed by atoms with Crippen molar-refractivity contribution in [1.29, 1.82) is 0 Å². The van der Waals surface area contributed by atoms with Crippen LogP contribution < -0.4 is 10.1 Å². The third-order valence-electron chi connectivity index (χ3n) is 4.01. The smallest absolute Gasteiger partial charge is 0.249 e. The number of carbonyl (C=O) groups excluding carboxylic acids is 1. The lowest BCUT2D eigenvalue weighted by atomic mass is 10.1. The fourth-order valence-corrected chi connectivity index (χ4v) is 2.72. The van der Waals surface area contributed by atoms with E-state index in [1.165, 1.54) is 0 Å². The van der Waals surface area contributed by atoms with Gasteiger partial charge in [0.15, 0.2) is 0 Å². The maximum atomic E-state index is 12.0. The summed E-state index contributed by atoms with van der Waals surface area (Å²) in [6.07, 6.45) is 3.28. The number of carbonyl (C=O) groups is 1. The van der Waals surface area contributed by atoms with Gasteiger partial charge in [-0.1, -0.05) is 0 Å². The zero-order chi connectivity index (χ0) is 16.9. The standard InChI is InChI=1S/C18H22N3O3/c1-12(20-18(22)17-7-4-8-23-17)11-24-15-6-3-5-14(9-15)16-10-19-21-13(16)2/h5-6,9-10,12,17H,4,7-8,11H2,1-2H3,(H,19,21)(H,20,22)/t12-,17-/m1/s1. The van der Waals surface area contributed by atoms with Gasteiger partial charge in [0.05, 0.1) is 11.7 Å². The van der Waals surface area contributed by atoms with Crippen molar-refractivity contribution in [3.8, 4) is 16.9 Å². The topological polar surface area (TPSA) is 76.2 Å². The maximum absolute atomic E-state index is 12.0. The molecule has 24 heavy (non-hydrogen) atoms. The molecule has 1 radical (unpaired) electrons. The Hall–Kier alpha value is -2.34. The van der Waals surface area contributed by atoms with E-state index in [4.69, 9.17) is 9.47 Å². The van der Waals surface area contributed by atoms with Crippen LogP contribution in [0.3, 0.4) is 0 Å². The van der Waals surface area contributed by atoms with Crippen LogP contribution in [0.15, 0.2) is 24.4 Å². The third-order valence-corrected chi connectivity index (χ3v) is 4.01. The molecule has 1 aromatic carbocycles. The van der Waals surface area contributed by atoms with Gasteiger partial charge in [-0.2, -0.15) is 5.10 Å². The quantitative estimate of drug-likeness (QED) is 0.853. The Kier molecular flexibility index (Phi) is 5.15. The summed E-state index contributed by atoms with van der Waals surface area (Å²) in [4.78, 5) is 12.0. The van der Waals surface area contributed by atoms with Crippen molar-refractivity contribution >= 4 is 5.91 Å². The Morgan fingerprint density at radius 2 is 2.46 bits per heavy atom. The first-order valence-corrected chi connectivity index (χ1v) is 8.20. The number of aryl methyl sites for hydroxylation is 1. The summed E-state index contributed by atoms with van der Waals surface area (Å²) >= 11 is 0. The SMILES string of the molecule is Cc1n[nH]cc1-c1c[c]cc(OC[C@@H](C)NC(=O)[C@H]2CCCO2)c1. The monoisotopic (exact) mass is 328 g/mol. The molecule has 6 heteroatoms. The molecule has 0 saturated carbocycles. The Morgan fingerprint density at radius 3 is 3.17 bits per heavy atom. The number of hydrogen-bond donors (Lipinski definition) is 2. The predicted octanol–water partition coefficient (Wildman–Crippen LogP) is 2.25. The van der Waals surface area contributed by atoms with Crippen LogP contribution in [0.2, 0.25) is 0 Å². The van der Waals surface area contributed by atoms with Crippen LogP contribution in [0.1, 0.15) is 25.5 Å². The second-order valence-electron chi connectivity index (χ2n) is 6.06. The van der Waals surface area contributed by atoms with Crippen LogP contribution in [0.4, 0.5) is 0 Å². The Morgan fingerprint density at radius 1 is 1.58 bits per heavy atom. The fourth-order valence-electron chi connectivity index (χ4n) is 2.72. The lowest BCUT2D eigenvalue weighted by molar-refractivity contribution is -0.130. The molecule has 3 rings (SSSR count). The molecule has 2 heterocycles. The van der Waals surface area contributed by atoms with E-state index < -0.39 is 0 Å². The van der Waals surface area contributed by atoms with Gasteiger partial charge < -0.3 is 14.8 Å². The molecule has 0 aliphatic carbocycles. The van der Waals surface area contributed by atoms with E-state index in [1.807, 2.05) is 32.2 Å². The maximum Gasteiger partial charge on any atom is 0.249 e. The van der Waals surface area contributed by atoms with E-state index in [0.717, 1.165) is 29.7 Å². The summed E-state index contributed by atoms with van der Waals surface area (Å²) in [7, 11) is 0. The normalized spacial score (nSPS) is 18.3. The van der Waals surface area contributed by atoms with Crippen LogP contribution in [-0.2, 0) is 9.53 Å². The van der Waals surface area contributed by atoms with Crippen LogP contribution in [-0.4, -0.2) is 41.5 Å². The summed E-state index contributed by atoms with van der Waals surface area (Å²) in [5, 5.41) is 9.91. The number of nitrogens with one attached hydrogen (secondary N) is 2. The minimum atomic E-state index is -0.312. The Balaban J connectivity index is 1.54. The van der Waals surface area contributed by atoms with Crippen molar-refractivity contribution in [1.82, 2.24) is 15.5 Å². The Labute approximate surface area is 141 Å². The summed E-state index contributed by atoms with van der Waals surface area (Å²) in [6, 6.07) is 8.61. The number of amides is 1. The van der Waals surface area contributed by atoms with Gasteiger partial charge in [-0.25, -0.2) is 0 Å². The minimum Gasteiger partial charge on any atom is -0.491 e. The highest BCUT2D eigenvalue weighted by atomic mass is 16.5. The highest BCUT2D eigenvalue weighted by molar-refractivity contribution is 5.81. The molecule has 1 aromatic heterocycles. The number of H-pyrrole nitrogens is 1. The van der Waals surface area contributed by atoms with Crippen LogP contribution in [0.25, 0.3) is 11.1 Å². The molecule has 1 saturated heterocycles. The number of benzene rings is 1. The van der Waals surface area contributed by atoms with E-state index in [1.54, 1.807) is 6.07 Å². The molecule has 1 aliphatic heterocycles. The van der Waals surface area contributed by atoms with Gasteiger partial charge in [-0.05, 0) is 56.5 Å². The van der Waals surface area contributed by atoms with Crippen LogP contribution in [0, 0.1) is 13.0 Å². The second-order valence-corrected chi connectivity index (χ2v) is 6.06. The van der Waals surface area contributed by atoms with Crippen molar-refractivity contribution < 1.29 is 14.3 Å². The number of aromatic amines is 1. The zero-order valence-corrected chi connectivity index (χ0v) is 14.0. The average Bonchev–Trinajstić information content (AvgIpc) is 3.24. The van der Waals surface area contributed by atoms with Crippen molar-refractivity contribution in [2.45, 2.75) is 38.8 Å². The van der Waals surface area contributed by atoms with E-state index in [2.05, 4.69) is 21.6 Å². The third kappa shape index (κ3) is 3.94. The first-order valence-electron chi connectivity index (χ1n) is 8.20. The number of nitrogens with zero attached hydrogens (tertiary/aromatic N) is 1. The lowest BCUT2D eigenvalue weighted by Gasteiger charge is -2.17. The minimum absolute atomic E-state index is 0.0575. The molecule has 2 atom stereocenters. The van der Waals surface area contributed by atoms with E-state index in [0.29, 0.717) is 19.0 Å². The van der Waals surface area contributed by atoms with Crippen molar-refractivity contribution in [2.75, 3.05) is 13.2 Å². The fraction of sp³-hybridized carbons (Fsp3) is 0.444. The molecule has 0 bridgehead atoms. The van der Waals surface area contributed by atoms with Crippen LogP contribution in [0.5, 0.6) is 5.75 Å². The van der Waals surface area contributed by atoms with E-state index >= 15 is 0 Å². The summed E-state index contributed by atoms with van der Waals surface area (Å²) < 4.78 is 11.2. The molecule has 1 amide bonds. The van der Waals surface area contributed by atoms with Gasteiger partial charge in [0, 0.05) is 18.4 Å². The highest BCUT2D eigenvalue weighted by Gasteiger charge is 2.24. The van der Waals surface area contributed by atoms with Gasteiger partial charge >= 0.3 is 0 Å². The van der Waals surface area contributed by atoms with Gasteiger partial charge in [0.25, 0.3) is 0 Å². The summed E-state index contributed by atoms with van der Waals surface area (Å²) in [6.45, 7) is 4.92. The lowest BCUT2D eigenvalue weighted by Crippen LogP contribution is -2.42. The predicted molar refractivity (Wildman–Crippen MR) is 89.7 cm³/mol. The first kappa shape index (κ1) is 16.5. The summed E-state index contributed by atoms with van der Waals surface area (Å²) in [5.41, 5.74) is 2.95. The van der Waals surface area contributed by atoms with Gasteiger partial charge in [-0.15, -0.1) is 0 Å². The van der Waals surface area contributed by atoms with E-state index in [-0.39, 0.29) is 18.1 Å². The van der Waals surface area contributed by atoms with Gasteiger partial charge in [0.2, 0.25) is 5.91 Å². The second kappa shape index (κ2) is 7.49. The number of aromatic nitrogens is 2. The molecule has 2 aromatic rings. The molecule has 1 aliphatic rings. The zero-order valence-electron chi connectivity index (χ0n) is 14.0. The number of hydrogen-bond acceptors (Lipinski definition) is 4. The molecule has 1 fully saturated rings. The Bertz CT molecular complexity index is 692. The molecular weight excluding hydrogens is 306 g/mol. The molecule has 127 valence electrons. The average molecular weight is 328 g/mol. The largest absolute Gasteiger partial charge is 0.491 e. The number of rotatable bonds is 6. The van der Waals surface area contributed by atoms with Crippen LogP contribution >= 0.6 is 0 Å². The van der Waals surface area contributed by atoms with Crippen molar-refractivity contribution in [3.05, 3.63) is 36.2 Å². The molecule has 2 N–H and O–H groups in total. The van der Waals surface area contributed by atoms with Crippen molar-refractivity contribution in [3.63, 3.8) is 0 Å². The van der Waals surface area contributed by atoms with Crippen molar-refractivity contribution in [2.24, 2.45) is 0 Å². The van der Waals surface area contributed by atoms with E-state index in [9.17, 15) is 4.79 Å². The molecular formula is C18H22N3O3. The molecule has 6 nitrogen and oxygen atoms in total.